The average molecular weight is 305 g/mol. The lowest BCUT2D eigenvalue weighted by molar-refractivity contribution is -0.131. The Morgan fingerprint density at radius 3 is 2.91 bits per heavy atom. The van der Waals surface area contributed by atoms with E-state index in [2.05, 4.69) is 35.8 Å². The van der Waals surface area contributed by atoms with Crippen LogP contribution in [-0.4, -0.2) is 51.1 Å². The minimum absolute atomic E-state index is 0.0222. The number of rotatable bonds is 5. The van der Waals surface area contributed by atoms with Crippen LogP contribution in [0.5, 0.6) is 0 Å². The van der Waals surface area contributed by atoms with Crippen LogP contribution in [0.15, 0.2) is 12.7 Å². The van der Waals surface area contributed by atoms with Gasteiger partial charge in [-0.15, -0.1) is 0 Å². The molecular formula is C15H23N5O2. The van der Waals surface area contributed by atoms with Crippen LogP contribution in [0.2, 0.25) is 0 Å². The number of carbonyl (C=O) groups is 2. The Kier molecular flexibility index (Phi) is 4.95. The van der Waals surface area contributed by atoms with Gasteiger partial charge in [0.1, 0.15) is 5.82 Å². The number of hydrogen-bond acceptors (Lipinski definition) is 4. The molecule has 1 aromatic rings. The third kappa shape index (κ3) is 3.72. The fraction of sp³-hybridized carbons (Fsp3) is 0.600. The molecule has 7 heteroatoms. The Morgan fingerprint density at radius 1 is 1.55 bits per heavy atom. The summed E-state index contributed by atoms with van der Waals surface area (Å²) in [5.74, 6) is 1.69. The van der Waals surface area contributed by atoms with Gasteiger partial charge in [0.05, 0.1) is 13.1 Å². The zero-order valence-electron chi connectivity index (χ0n) is 13.4. The Hall–Kier alpha value is -2.18. The van der Waals surface area contributed by atoms with Crippen molar-refractivity contribution < 1.29 is 9.59 Å². The highest BCUT2D eigenvalue weighted by atomic mass is 16.2. The third-order valence-electron chi connectivity index (χ3n) is 3.69. The van der Waals surface area contributed by atoms with Crippen molar-refractivity contribution in [2.75, 3.05) is 13.6 Å². The van der Waals surface area contributed by atoms with Gasteiger partial charge in [0.15, 0.2) is 5.82 Å². The summed E-state index contributed by atoms with van der Waals surface area (Å²) in [4.78, 5) is 29.2. The van der Waals surface area contributed by atoms with Gasteiger partial charge in [-0.3, -0.25) is 9.59 Å². The maximum Gasteiger partial charge on any atom is 0.246 e. The zero-order valence-corrected chi connectivity index (χ0v) is 13.4. The van der Waals surface area contributed by atoms with Crippen molar-refractivity contribution in [3.63, 3.8) is 0 Å². The highest BCUT2D eigenvalue weighted by Gasteiger charge is 2.24. The van der Waals surface area contributed by atoms with Gasteiger partial charge in [0.25, 0.3) is 0 Å². The molecular weight excluding hydrogens is 282 g/mol. The van der Waals surface area contributed by atoms with Crippen molar-refractivity contribution in [1.29, 1.82) is 0 Å². The minimum atomic E-state index is -0.265. The van der Waals surface area contributed by atoms with Crippen molar-refractivity contribution in [2.45, 2.75) is 45.2 Å². The molecule has 0 bridgehead atoms. The molecule has 22 heavy (non-hydrogen) atoms. The van der Waals surface area contributed by atoms with Crippen molar-refractivity contribution in [3.8, 4) is 0 Å². The van der Waals surface area contributed by atoms with Crippen LogP contribution in [0.1, 0.15) is 37.8 Å². The monoisotopic (exact) mass is 305 g/mol. The summed E-state index contributed by atoms with van der Waals surface area (Å²) in [5, 5.41) is 7.44. The maximum absolute atomic E-state index is 12.0. The second-order valence-electron chi connectivity index (χ2n) is 5.92. The molecule has 120 valence electrons. The molecule has 2 amide bonds. The number of nitrogens with zero attached hydrogens (tertiary/aromatic N) is 4. The number of amides is 2. The summed E-state index contributed by atoms with van der Waals surface area (Å²) in [5.41, 5.74) is 0. The molecule has 1 unspecified atom stereocenters. The van der Waals surface area contributed by atoms with Crippen LogP contribution in [-0.2, 0) is 22.6 Å². The summed E-state index contributed by atoms with van der Waals surface area (Å²) >= 11 is 0. The number of nitrogens with one attached hydrogen (secondary N) is 1. The topological polar surface area (TPSA) is 80.1 Å². The van der Waals surface area contributed by atoms with Crippen LogP contribution >= 0.6 is 0 Å². The number of hydrogen-bond donors (Lipinski definition) is 1. The van der Waals surface area contributed by atoms with E-state index in [0.29, 0.717) is 12.5 Å². The lowest BCUT2D eigenvalue weighted by atomic mass is 10.1. The lowest BCUT2D eigenvalue weighted by Crippen LogP contribution is -2.45. The second kappa shape index (κ2) is 6.72. The van der Waals surface area contributed by atoms with Gasteiger partial charge >= 0.3 is 0 Å². The maximum atomic E-state index is 12.0. The van der Waals surface area contributed by atoms with E-state index in [-0.39, 0.29) is 24.4 Å². The first-order valence-electron chi connectivity index (χ1n) is 7.51. The molecule has 1 aromatic heterocycles. The Balaban J connectivity index is 1.91. The van der Waals surface area contributed by atoms with E-state index in [9.17, 15) is 9.59 Å². The van der Waals surface area contributed by atoms with Crippen LogP contribution in [0.25, 0.3) is 0 Å². The van der Waals surface area contributed by atoms with Crippen LogP contribution < -0.4 is 5.32 Å². The third-order valence-corrected chi connectivity index (χ3v) is 3.69. The molecule has 0 spiro atoms. The van der Waals surface area contributed by atoms with Crippen molar-refractivity contribution >= 4 is 11.8 Å². The molecule has 2 rings (SSSR count). The van der Waals surface area contributed by atoms with Crippen molar-refractivity contribution in [2.24, 2.45) is 0 Å². The van der Waals surface area contributed by atoms with Crippen LogP contribution in [0, 0.1) is 0 Å². The molecule has 1 atom stereocenters. The molecule has 1 N–H and O–H groups in total. The predicted octanol–water partition coefficient (Wildman–Crippen LogP) is 0.477. The van der Waals surface area contributed by atoms with Crippen LogP contribution in [0.4, 0.5) is 0 Å². The minimum Gasteiger partial charge on any atom is -0.350 e. The number of likely N-dealkylation sites (N-methyl/N-ethyl adjacent to an activating group) is 1. The van der Waals surface area contributed by atoms with E-state index in [1.807, 2.05) is 4.68 Å². The highest BCUT2D eigenvalue weighted by molar-refractivity contribution is 5.90. The first-order valence-corrected chi connectivity index (χ1v) is 7.51. The van der Waals surface area contributed by atoms with E-state index < -0.39 is 0 Å². The van der Waals surface area contributed by atoms with Crippen molar-refractivity contribution in [1.82, 2.24) is 25.0 Å². The standard InChI is InChI=1S/C15H23N5O2/c1-5-14(22)19(4)9-13(21)16-11-6-7-12-17-15(10(2)3)18-20(12)8-11/h5,10-11H,1,6-9H2,2-4H3,(H,16,21). The fourth-order valence-corrected chi connectivity index (χ4v) is 2.41. The lowest BCUT2D eigenvalue weighted by Gasteiger charge is -2.24. The smallest absolute Gasteiger partial charge is 0.246 e. The summed E-state index contributed by atoms with van der Waals surface area (Å²) in [7, 11) is 1.58. The molecule has 0 radical (unpaired) electrons. The van der Waals surface area contributed by atoms with Gasteiger partial charge < -0.3 is 10.2 Å². The van der Waals surface area contributed by atoms with E-state index in [1.54, 1.807) is 7.05 Å². The van der Waals surface area contributed by atoms with Gasteiger partial charge in [-0.2, -0.15) is 5.10 Å². The normalized spacial score (nSPS) is 17.0. The highest BCUT2D eigenvalue weighted by Crippen LogP contribution is 2.16. The first-order chi connectivity index (χ1) is 10.4. The van der Waals surface area contributed by atoms with E-state index in [0.717, 1.165) is 24.5 Å². The summed E-state index contributed by atoms with van der Waals surface area (Å²) < 4.78 is 1.88. The largest absolute Gasteiger partial charge is 0.350 e. The summed E-state index contributed by atoms with van der Waals surface area (Å²) in [6.45, 7) is 8.19. The first kappa shape index (κ1) is 16.2. The molecule has 0 saturated carbocycles. The van der Waals surface area contributed by atoms with Gasteiger partial charge in [0.2, 0.25) is 11.8 Å². The second-order valence-corrected chi connectivity index (χ2v) is 5.92. The molecule has 1 aliphatic rings. The molecule has 7 nitrogen and oxygen atoms in total. The summed E-state index contributed by atoms with van der Waals surface area (Å²) in [6.07, 6.45) is 2.83. The van der Waals surface area contributed by atoms with Crippen LogP contribution in [0.3, 0.4) is 0 Å². The predicted molar refractivity (Wildman–Crippen MR) is 82.2 cm³/mol. The summed E-state index contributed by atoms with van der Waals surface area (Å²) in [6, 6.07) is 0.0222. The van der Waals surface area contributed by atoms with Gasteiger partial charge in [-0.1, -0.05) is 20.4 Å². The van der Waals surface area contributed by atoms with Gasteiger partial charge in [-0.05, 0) is 12.5 Å². The SMILES string of the molecule is C=CC(=O)N(C)CC(=O)NC1CCc2nc(C(C)C)nn2C1. The van der Waals surface area contributed by atoms with E-state index >= 15 is 0 Å². The Bertz CT molecular complexity index is 578. The van der Waals surface area contributed by atoms with E-state index in [4.69, 9.17) is 0 Å². The molecule has 1 aliphatic heterocycles. The fourth-order valence-electron chi connectivity index (χ4n) is 2.41. The average Bonchev–Trinajstić information content (AvgIpc) is 2.89. The number of aryl methyl sites for hydroxylation is 1. The van der Waals surface area contributed by atoms with Gasteiger partial charge in [-0.25, -0.2) is 9.67 Å². The Morgan fingerprint density at radius 2 is 2.27 bits per heavy atom. The van der Waals surface area contributed by atoms with E-state index in [1.165, 1.54) is 11.0 Å². The van der Waals surface area contributed by atoms with Crippen molar-refractivity contribution in [3.05, 3.63) is 24.3 Å². The zero-order chi connectivity index (χ0) is 16.3. The number of carbonyl (C=O) groups excluding carboxylic acids is 2. The number of aromatic nitrogens is 3. The molecule has 0 fully saturated rings. The van der Waals surface area contributed by atoms with Gasteiger partial charge in [0, 0.05) is 25.4 Å². The quantitative estimate of drug-likeness (QED) is 0.802. The molecule has 0 saturated heterocycles. The molecule has 2 heterocycles. The Labute approximate surface area is 130 Å². The molecule has 0 aliphatic carbocycles. The molecule has 0 aromatic carbocycles. The number of fused-ring (bicyclic) bond motifs is 1.